The summed E-state index contributed by atoms with van der Waals surface area (Å²) in [5, 5.41) is 12.8. The van der Waals surface area contributed by atoms with Gasteiger partial charge in [0.1, 0.15) is 6.54 Å². The van der Waals surface area contributed by atoms with Gasteiger partial charge in [0.25, 0.3) is 5.56 Å². The van der Waals surface area contributed by atoms with Crippen LogP contribution in [0.1, 0.15) is 25.7 Å². The zero-order valence-electron chi connectivity index (χ0n) is 10.8. The largest absolute Gasteiger partial charge is 0.398 e. The average molecular weight is 265 g/mol. The molecule has 6 nitrogen and oxygen atoms in total. The maximum atomic E-state index is 11.8. The minimum atomic E-state index is -0.781. The Kier molecular flexibility index (Phi) is 3.90. The number of anilines is 1. The number of amides is 1. The van der Waals surface area contributed by atoms with E-state index in [1.165, 1.54) is 22.9 Å². The van der Waals surface area contributed by atoms with Crippen molar-refractivity contribution >= 4 is 11.6 Å². The van der Waals surface area contributed by atoms with Crippen molar-refractivity contribution in [3.8, 4) is 0 Å². The van der Waals surface area contributed by atoms with E-state index >= 15 is 0 Å². The van der Waals surface area contributed by atoms with E-state index in [9.17, 15) is 14.7 Å². The molecule has 0 atom stereocenters. The molecule has 2 rings (SSSR count). The second-order valence-electron chi connectivity index (χ2n) is 5.14. The molecule has 0 radical (unpaired) electrons. The molecule has 104 valence electrons. The normalized spacial score (nSPS) is 17.3. The van der Waals surface area contributed by atoms with Gasteiger partial charge in [-0.3, -0.25) is 9.59 Å². The Hall–Kier alpha value is -1.82. The number of hydrogen-bond acceptors (Lipinski definition) is 4. The van der Waals surface area contributed by atoms with Crippen molar-refractivity contribution in [2.45, 2.75) is 37.8 Å². The zero-order chi connectivity index (χ0) is 13.9. The van der Waals surface area contributed by atoms with Crippen molar-refractivity contribution in [1.29, 1.82) is 0 Å². The number of aliphatic hydroxyl groups is 1. The number of rotatable bonds is 4. The number of nitrogens with one attached hydrogen (secondary N) is 1. The Balaban J connectivity index is 1.90. The first-order valence-electron chi connectivity index (χ1n) is 6.44. The third kappa shape index (κ3) is 3.57. The maximum Gasteiger partial charge on any atom is 0.251 e. The van der Waals surface area contributed by atoms with Crippen molar-refractivity contribution < 1.29 is 9.90 Å². The fourth-order valence-corrected chi connectivity index (χ4v) is 2.36. The summed E-state index contributed by atoms with van der Waals surface area (Å²) in [5.74, 6) is -0.298. The second kappa shape index (κ2) is 5.44. The fourth-order valence-electron chi connectivity index (χ4n) is 2.36. The third-order valence-electron chi connectivity index (χ3n) is 3.47. The van der Waals surface area contributed by atoms with Gasteiger partial charge in [-0.2, -0.15) is 0 Å². The molecule has 19 heavy (non-hydrogen) atoms. The highest BCUT2D eigenvalue weighted by Crippen LogP contribution is 2.28. The van der Waals surface area contributed by atoms with Gasteiger partial charge >= 0.3 is 0 Å². The summed E-state index contributed by atoms with van der Waals surface area (Å²) < 4.78 is 1.25. The van der Waals surface area contributed by atoms with E-state index in [1.54, 1.807) is 0 Å². The molecule has 0 unspecified atom stereocenters. The van der Waals surface area contributed by atoms with E-state index in [2.05, 4.69) is 5.32 Å². The quantitative estimate of drug-likeness (QED) is 0.705. The number of nitrogens with two attached hydrogens (primary N) is 1. The summed E-state index contributed by atoms with van der Waals surface area (Å²) in [7, 11) is 0. The molecule has 6 heteroatoms. The molecule has 0 aromatic carbocycles. The van der Waals surface area contributed by atoms with Gasteiger partial charge in [0.2, 0.25) is 5.91 Å². The Morgan fingerprint density at radius 1 is 1.42 bits per heavy atom. The van der Waals surface area contributed by atoms with E-state index in [-0.39, 0.29) is 24.6 Å². The molecule has 0 saturated heterocycles. The van der Waals surface area contributed by atoms with Crippen LogP contribution in [0.3, 0.4) is 0 Å². The van der Waals surface area contributed by atoms with Gasteiger partial charge in [-0.25, -0.2) is 0 Å². The third-order valence-corrected chi connectivity index (χ3v) is 3.47. The molecule has 0 aliphatic heterocycles. The molecule has 4 N–H and O–H groups in total. The van der Waals surface area contributed by atoms with Crippen LogP contribution < -0.4 is 16.6 Å². The van der Waals surface area contributed by atoms with Crippen LogP contribution in [0.2, 0.25) is 0 Å². The molecule has 0 bridgehead atoms. The minimum Gasteiger partial charge on any atom is -0.398 e. The molecule has 0 spiro atoms. The Morgan fingerprint density at radius 3 is 2.79 bits per heavy atom. The van der Waals surface area contributed by atoms with E-state index in [0.717, 1.165) is 12.8 Å². The summed E-state index contributed by atoms with van der Waals surface area (Å²) in [6.45, 7) is 0.156. The predicted octanol–water partition coefficient (Wildman–Crippen LogP) is -0.148. The van der Waals surface area contributed by atoms with Gasteiger partial charge in [0, 0.05) is 24.5 Å². The SMILES string of the molecule is Nc1ccc(=O)n(CC(=O)NCC2(O)CCCC2)c1. The standard InChI is InChI=1S/C13H19N3O3/c14-10-3-4-12(18)16(7-10)8-11(17)15-9-13(19)5-1-2-6-13/h3-4,7,19H,1-2,5-6,8-9,14H2,(H,15,17). The van der Waals surface area contributed by atoms with Crippen LogP contribution in [0.5, 0.6) is 0 Å². The van der Waals surface area contributed by atoms with E-state index in [4.69, 9.17) is 5.73 Å². The lowest BCUT2D eigenvalue weighted by atomic mass is 10.0. The van der Waals surface area contributed by atoms with Crippen molar-refractivity contribution in [3.63, 3.8) is 0 Å². The van der Waals surface area contributed by atoms with Gasteiger partial charge in [-0.05, 0) is 18.9 Å². The van der Waals surface area contributed by atoms with Crippen molar-refractivity contribution in [2.24, 2.45) is 0 Å². The minimum absolute atomic E-state index is 0.0834. The Bertz CT molecular complexity index is 518. The Morgan fingerprint density at radius 2 is 2.11 bits per heavy atom. The predicted molar refractivity (Wildman–Crippen MR) is 71.5 cm³/mol. The highest BCUT2D eigenvalue weighted by atomic mass is 16.3. The molecule has 1 saturated carbocycles. The Labute approximate surface area is 111 Å². The number of hydrogen-bond donors (Lipinski definition) is 3. The summed E-state index contributed by atoms with van der Waals surface area (Å²) >= 11 is 0. The fraction of sp³-hybridized carbons (Fsp3) is 0.538. The van der Waals surface area contributed by atoms with Crippen molar-refractivity contribution in [2.75, 3.05) is 12.3 Å². The molecule has 1 amide bonds. The van der Waals surface area contributed by atoms with Crippen LogP contribution in [-0.4, -0.2) is 27.7 Å². The van der Waals surface area contributed by atoms with Crippen LogP contribution in [0.15, 0.2) is 23.1 Å². The van der Waals surface area contributed by atoms with E-state index in [0.29, 0.717) is 18.5 Å². The van der Waals surface area contributed by atoms with Gasteiger partial charge in [-0.1, -0.05) is 12.8 Å². The molecule has 1 heterocycles. The lowest BCUT2D eigenvalue weighted by molar-refractivity contribution is -0.122. The highest BCUT2D eigenvalue weighted by molar-refractivity contribution is 5.75. The van der Waals surface area contributed by atoms with Gasteiger partial charge in [-0.15, -0.1) is 0 Å². The van der Waals surface area contributed by atoms with Crippen LogP contribution in [-0.2, 0) is 11.3 Å². The molecule has 1 aromatic rings. The van der Waals surface area contributed by atoms with Crippen LogP contribution in [0.25, 0.3) is 0 Å². The molecule has 1 fully saturated rings. The number of pyridine rings is 1. The highest BCUT2D eigenvalue weighted by Gasteiger charge is 2.31. The van der Waals surface area contributed by atoms with Gasteiger partial charge in [0.15, 0.2) is 0 Å². The van der Waals surface area contributed by atoms with Gasteiger partial charge in [0.05, 0.1) is 5.60 Å². The van der Waals surface area contributed by atoms with Crippen LogP contribution in [0.4, 0.5) is 5.69 Å². The summed E-state index contributed by atoms with van der Waals surface area (Å²) in [6.07, 6.45) is 4.84. The molecule has 1 aromatic heterocycles. The number of nitrogen functional groups attached to an aromatic ring is 1. The van der Waals surface area contributed by atoms with Gasteiger partial charge < -0.3 is 20.7 Å². The molecule has 1 aliphatic rings. The van der Waals surface area contributed by atoms with E-state index < -0.39 is 5.60 Å². The zero-order valence-corrected chi connectivity index (χ0v) is 10.8. The van der Waals surface area contributed by atoms with Crippen LogP contribution >= 0.6 is 0 Å². The lowest BCUT2D eigenvalue weighted by Gasteiger charge is -2.22. The smallest absolute Gasteiger partial charge is 0.251 e. The van der Waals surface area contributed by atoms with Crippen LogP contribution in [0, 0.1) is 0 Å². The lowest BCUT2D eigenvalue weighted by Crippen LogP contribution is -2.42. The average Bonchev–Trinajstić information content (AvgIpc) is 2.79. The summed E-state index contributed by atoms with van der Waals surface area (Å²) in [5.41, 5.74) is 4.94. The molecular formula is C13H19N3O3. The van der Waals surface area contributed by atoms with Crippen molar-refractivity contribution in [3.05, 3.63) is 28.7 Å². The monoisotopic (exact) mass is 265 g/mol. The first-order chi connectivity index (χ1) is 8.98. The first kappa shape index (κ1) is 13.6. The number of nitrogens with zero attached hydrogens (tertiary/aromatic N) is 1. The van der Waals surface area contributed by atoms with E-state index in [1.807, 2.05) is 0 Å². The summed E-state index contributed by atoms with van der Waals surface area (Å²) in [4.78, 5) is 23.3. The topological polar surface area (TPSA) is 97.4 Å². The molecule has 1 aliphatic carbocycles. The maximum absolute atomic E-state index is 11.8. The van der Waals surface area contributed by atoms with Crippen molar-refractivity contribution in [1.82, 2.24) is 9.88 Å². The number of carbonyl (C=O) groups excluding carboxylic acids is 1. The second-order valence-corrected chi connectivity index (χ2v) is 5.14. The molecular weight excluding hydrogens is 246 g/mol. The number of carbonyl (C=O) groups is 1. The number of aromatic nitrogens is 1. The first-order valence-corrected chi connectivity index (χ1v) is 6.44. The summed E-state index contributed by atoms with van der Waals surface area (Å²) in [6, 6.07) is 2.82.